The molecule has 4 rings (SSSR count). The van der Waals surface area contributed by atoms with Gasteiger partial charge in [-0.25, -0.2) is 4.39 Å². The molecule has 0 aromatic heterocycles. The lowest BCUT2D eigenvalue weighted by atomic mass is 10.2. The van der Waals surface area contributed by atoms with E-state index in [1.165, 1.54) is 67.6 Å². The Morgan fingerprint density at radius 2 is 1.76 bits per heavy atom. The highest BCUT2D eigenvalue weighted by Crippen LogP contribution is 2.35. The second-order valence-electron chi connectivity index (χ2n) is 7.83. The monoisotopic (exact) mass is 604 g/mol. The van der Waals surface area contributed by atoms with Gasteiger partial charge in [-0.3, -0.25) is 19.3 Å². The largest absolute Gasteiger partial charge is 0.378 e. The molecule has 1 saturated heterocycles. The van der Waals surface area contributed by atoms with Crippen LogP contribution in [-0.2, 0) is 26.3 Å². The summed E-state index contributed by atoms with van der Waals surface area (Å²) >= 11 is 4.06. The van der Waals surface area contributed by atoms with Crippen LogP contribution in [0.2, 0.25) is 0 Å². The van der Waals surface area contributed by atoms with Gasteiger partial charge in [0.05, 0.1) is 15.9 Å². The fourth-order valence-electron chi connectivity index (χ4n) is 3.31. The molecule has 8 nitrogen and oxygen atoms in total. The number of carbonyl (C=O) groups excluding carboxylic acids is 3. The Balaban J connectivity index is 1.48. The van der Waals surface area contributed by atoms with Gasteiger partial charge in [0.2, 0.25) is 5.91 Å². The molecule has 0 aliphatic carbocycles. The second kappa shape index (κ2) is 10.9. The number of carbonyl (C=O) groups is 3. The molecule has 12 heteroatoms. The fourth-order valence-corrected chi connectivity index (χ4v) is 5.68. The van der Waals surface area contributed by atoms with Gasteiger partial charge in [0.1, 0.15) is 10.7 Å². The van der Waals surface area contributed by atoms with Crippen LogP contribution < -0.4 is 9.50 Å². The maximum absolute atomic E-state index is 13.1. The van der Waals surface area contributed by atoms with Gasteiger partial charge in [-0.15, -0.1) is 0 Å². The van der Waals surface area contributed by atoms with Crippen molar-refractivity contribution in [3.63, 3.8) is 0 Å². The lowest BCUT2D eigenvalue weighted by Crippen LogP contribution is -2.27. The van der Waals surface area contributed by atoms with Gasteiger partial charge in [-0.05, 0) is 93.4 Å². The highest BCUT2D eigenvalue weighted by Gasteiger charge is 2.35. The SMILES string of the molecule is CC(=O)Nc1ccc(S(=O)(=O)Oc2ccc(/C=C3\SC(=O)N(Cc4ccc(F)cc4)C3=O)cc2Br)cc1. The van der Waals surface area contributed by atoms with E-state index in [2.05, 4.69) is 21.2 Å². The number of hydrogen-bond donors (Lipinski definition) is 1. The third-order valence-electron chi connectivity index (χ3n) is 5.04. The molecule has 0 atom stereocenters. The lowest BCUT2D eigenvalue weighted by Gasteiger charge is -2.12. The summed E-state index contributed by atoms with van der Waals surface area (Å²) in [5.74, 6) is -1.16. The Morgan fingerprint density at radius 1 is 1.08 bits per heavy atom. The molecule has 0 saturated carbocycles. The summed E-state index contributed by atoms with van der Waals surface area (Å²) in [6.45, 7) is 1.36. The van der Waals surface area contributed by atoms with Crippen LogP contribution in [0, 0.1) is 5.82 Å². The van der Waals surface area contributed by atoms with E-state index in [1.807, 2.05) is 0 Å². The minimum atomic E-state index is -4.16. The molecule has 3 aromatic carbocycles. The van der Waals surface area contributed by atoms with E-state index in [1.54, 1.807) is 12.1 Å². The predicted molar refractivity (Wildman–Crippen MR) is 141 cm³/mol. The van der Waals surface area contributed by atoms with Crippen molar-refractivity contribution in [2.24, 2.45) is 0 Å². The molecule has 0 radical (unpaired) electrons. The zero-order valence-electron chi connectivity index (χ0n) is 19.1. The minimum absolute atomic E-state index is 0.0163. The van der Waals surface area contributed by atoms with Crippen molar-refractivity contribution < 1.29 is 31.4 Å². The first kappa shape index (κ1) is 26.6. The first-order chi connectivity index (χ1) is 17.5. The molecule has 37 heavy (non-hydrogen) atoms. The van der Waals surface area contributed by atoms with Crippen LogP contribution in [0.4, 0.5) is 14.9 Å². The van der Waals surface area contributed by atoms with Crippen molar-refractivity contribution in [3.8, 4) is 5.75 Å². The lowest BCUT2D eigenvalue weighted by molar-refractivity contribution is -0.123. The van der Waals surface area contributed by atoms with Crippen LogP contribution in [0.3, 0.4) is 0 Å². The number of amides is 3. The van der Waals surface area contributed by atoms with E-state index in [-0.39, 0.29) is 28.0 Å². The number of halogens is 2. The summed E-state index contributed by atoms with van der Waals surface area (Å²) in [5, 5.41) is 2.10. The quantitative estimate of drug-likeness (QED) is 0.278. The molecule has 0 bridgehead atoms. The van der Waals surface area contributed by atoms with Crippen molar-refractivity contribution in [1.29, 1.82) is 0 Å². The first-order valence-corrected chi connectivity index (χ1v) is 13.6. The summed E-state index contributed by atoms with van der Waals surface area (Å²) in [7, 11) is -4.16. The molecule has 1 N–H and O–H groups in total. The van der Waals surface area contributed by atoms with Crippen LogP contribution >= 0.6 is 27.7 Å². The second-order valence-corrected chi connectivity index (χ2v) is 11.2. The van der Waals surface area contributed by atoms with E-state index in [0.29, 0.717) is 21.3 Å². The molecule has 190 valence electrons. The molecule has 3 amide bonds. The highest BCUT2D eigenvalue weighted by atomic mass is 79.9. The van der Waals surface area contributed by atoms with Crippen LogP contribution in [0.15, 0.2) is 81.0 Å². The van der Waals surface area contributed by atoms with E-state index in [4.69, 9.17) is 4.18 Å². The summed E-state index contributed by atoms with van der Waals surface area (Å²) in [6, 6.07) is 15.5. The van der Waals surface area contributed by atoms with Crippen LogP contribution in [0.1, 0.15) is 18.1 Å². The van der Waals surface area contributed by atoms with Gasteiger partial charge in [0, 0.05) is 12.6 Å². The van der Waals surface area contributed by atoms with Gasteiger partial charge in [0.15, 0.2) is 5.75 Å². The summed E-state index contributed by atoms with van der Waals surface area (Å²) in [6.07, 6.45) is 1.51. The van der Waals surface area contributed by atoms with Crippen molar-refractivity contribution in [2.75, 3.05) is 5.32 Å². The number of nitrogens with zero attached hydrogens (tertiary/aromatic N) is 1. The zero-order chi connectivity index (χ0) is 26.7. The number of hydrogen-bond acceptors (Lipinski definition) is 7. The number of anilines is 1. The van der Waals surface area contributed by atoms with Crippen molar-refractivity contribution in [2.45, 2.75) is 18.4 Å². The molecule has 1 heterocycles. The molecule has 1 aliphatic heterocycles. The normalized spacial score (nSPS) is 14.8. The van der Waals surface area contributed by atoms with Gasteiger partial charge < -0.3 is 9.50 Å². The number of thioether (sulfide) groups is 1. The first-order valence-electron chi connectivity index (χ1n) is 10.6. The van der Waals surface area contributed by atoms with Crippen molar-refractivity contribution >= 4 is 66.6 Å². The number of imide groups is 1. The van der Waals surface area contributed by atoms with Gasteiger partial charge >= 0.3 is 10.1 Å². The van der Waals surface area contributed by atoms with E-state index >= 15 is 0 Å². The maximum Gasteiger partial charge on any atom is 0.339 e. The standard InChI is InChI=1S/C25H18BrFN2O6S2/c1-15(30)28-19-7-9-20(10-8-19)37(33,34)35-22-11-4-17(12-21(22)26)13-23-24(31)29(25(32)36-23)14-16-2-5-18(27)6-3-16/h2-13H,14H2,1H3,(H,28,30)/b23-13-. The number of nitrogens with one attached hydrogen (secondary N) is 1. The average molecular weight is 605 g/mol. The predicted octanol–water partition coefficient (Wildman–Crippen LogP) is 5.55. The van der Waals surface area contributed by atoms with Crippen LogP contribution in [-0.4, -0.2) is 30.4 Å². The summed E-state index contributed by atoms with van der Waals surface area (Å²) in [5.41, 5.74) is 1.59. The molecule has 0 spiro atoms. The third-order valence-corrected chi connectivity index (χ3v) is 7.82. The molecular weight excluding hydrogens is 587 g/mol. The van der Waals surface area contributed by atoms with Crippen LogP contribution in [0.25, 0.3) is 6.08 Å². The maximum atomic E-state index is 13.1. The molecular formula is C25H18BrFN2O6S2. The Kier molecular flexibility index (Phi) is 7.81. The summed E-state index contributed by atoms with van der Waals surface area (Å²) in [4.78, 5) is 37.4. The molecule has 1 aliphatic rings. The van der Waals surface area contributed by atoms with E-state index in [9.17, 15) is 27.2 Å². The molecule has 0 unspecified atom stereocenters. The van der Waals surface area contributed by atoms with Gasteiger partial charge in [-0.1, -0.05) is 18.2 Å². The Morgan fingerprint density at radius 3 is 2.38 bits per heavy atom. The zero-order valence-corrected chi connectivity index (χ0v) is 22.3. The van der Waals surface area contributed by atoms with Crippen molar-refractivity contribution in [1.82, 2.24) is 4.90 Å². The highest BCUT2D eigenvalue weighted by molar-refractivity contribution is 9.10. The fraction of sp³-hybridized carbons (Fsp3) is 0.0800. The number of rotatable bonds is 7. The molecule has 1 fully saturated rings. The van der Waals surface area contributed by atoms with Gasteiger partial charge in [0.25, 0.3) is 11.1 Å². The van der Waals surface area contributed by atoms with E-state index < -0.39 is 27.1 Å². The smallest absolute Gasteiger partial charge is 0.339 e. The summed E-state index contributed by atoms with van der Waals surface area (Å²) < 4.78 is 44.1. The Labute approximate surface area is 224 Å². The van der Waals surface area contributed by atoms with Crippen LogP contribution in [0.5, 0.6) is 5.75 Å². The number of benzene rings is 3. The van der Waals surface area contributed by atoms with Gasteiger partial charge in [-0.2, -0.15) is 8.42 Å². The topological polar surface area (TPSA) is 110 Å². The molecule has 3 aromatic rings. The Bertz CT molecular complexity index is 1520. The average Bonchev–Trinajstić information content (AvgIpc) is 3.09. The third kappa shape index (κ3) is 6.45. The Hall–Kier alpha value is -3.48. The van der Waals surface area contributed by atoms with Crippen molar-refractivity contribution in [3.05, 3.63) is 93.1 Å². The minimum Gasteiger partial charge on any atom is -0.378 e. The van der Waals surface area contributed by atoms with E-state index in [0.717, 1.165) is 16.7 Å².